The van der Waals surface area contributed by atoms with Gasteiger partial charge in [0.15, 0.2) is 0 Å². The average molecular weight is 614 g/mol. The molecule has 0 radical (unpaired) electrons. The number of hydrogen-bond donors (Lipinski definition) is 2. The lowest BCUT2D eigenvalue weighted by atomic mass is 10.3. The Hall–Kier alpha value is 0.800. The first kappa shape index (κ1) is 18.8. The van der Waals surface area contributed by atoms with E-state index in [1.807, 2.05) is 24.0 Å². The average Bonchev–Trinajstić information content (AvgIpc) is 2.38. The SMILES string of the molecule is CCN(CCCO)CC(=O)Nc1c(I)cc(I)cc1I. The molecule has 0 fully saturated rings. The Labute approximate surface area is 160 Å². The van der Waals surface area contributed by atoms with Gasteiger partial charge >= 0.3 is 0 Å². The maximum Gasteiger partial charge on any atom is 0.238 e. The van der Waals surface area contributed by atoms with Gasteiger partial charge in [0.25, 0.3) is 0 Å². The van der Waals surface area contributed by atoms with Crippen molar-refractivity contribution in [3.8, 4) is 0 Å². The standard InChI is InChI=1S/C13H17I3N2O2/c1-2-18(4-3-5-19)8-12(20)17-13-10(15)6-9(14)7-11(13)16/h6-7,19H,2-5,8H2,1H3,(H,17,20). The van der Waals surface area contributed by atoms with Crippen LogP contribution in [0.2, 0.25) is 0 Å². The minimum atomic E-state index is -0.0122. The van der Waals surface area contributed by atoms with E-state index in [1.54, 1.807) is 0 Å². The van der Waals surface area contributed by atoms with E-state index in [-0.39, 0.29) is 12.5 Å². The lowest BCUT2D eigenvalue weighted by molar-refractivity contribution is -0.117. The number of anilines is 1. The van der Waals surface area contributed by atoms with Crippen molar-refractivity contribution in [1.82, 2.24) is 4.90 Å². The van der Waals surface area contributed by atoms with Crippen molar-refractivity contribution in [3.63, 3.8) is 0 Å². The molecule has 1 aromatic carbocycles. The van der Waals surface area contributed by atoms with E-state index in [1.165, 1.54) is 0 Å². The van der Waals surface area contributed by atoms with E-state index in [9.17, 15) is 4.79 Å². The van der Waals surface area contributed by atoms with Crippen LogP contribution in [0.5, 0.6) is 0 Å². The molecule has 0 saturated heterocycles. The van der Waals surface area contributed by atoms with Crippen molar-refractivity contribution in [2.75, 3.05) is 31.6 Å². The van der Waals surface area contributed by atoms with Crippen LogP contribution < -0.4 is 5.32 Å². The van der Waals surface area contributed by atoms with Crippen molar-refractivity contribution in [2.45, 2.75) is 13.3 Å². The van der Waals surface area contributed by atoms with Crippen LogP contribution in [0.25, 0.3) is 0 Å². The predicted molar refractivity (Wildman–Crippen MR) is 107 cm³/mol. The number of rotatable bonds is 7. The van der Waals surface area contributed by atoms with Gasteiger partial charge in [0.05, 0.1) is 12.2 Å². The minimum Gasteiger partial charge on any atom is -0.396 e. The summed E-state index contributed by atoms with van der Waals surface area (Å²) in [5.74, 6) is -0.0122. The van der Waals surface area contributed by atoms with E-state index >= 15 is 0 Å². The molecule has 0 heterocycles. The van der Waals surface area contributed by atoms with Crippen LogP contribution in [0.1, 0.15) is 13.3 Å². The number of aliphatic hydroxyl groups excluding tert-OH is 1. The van der Waals surface area contributed by atoms with E-state index in [0.717, 1.165) is 29.5 Å². The summed E-state index contributed by atoms with van der Waals surface area (Å²) >= 11 is 6.75. The van der Waals surface area contributed by atoms with Crippen molar-refractivity contribution in [1.29, 1.82) is 0 Å². The zero-order valence-electron chi connectivity index (χ0n) is 11.1. The first-order valence-electron chi connectivity index (χ1n) is 6.25. The fourth-order valence-electron chi connectivity index (χ4n) is 1.69. The van der Waals surface area contributed by atoms with Gasteiger partial charge in [-0.3, -0.25) is 9.69 Å². The second kappa shape index (κ2) is 9.74. The quantitative estimate of drug-likeness (QED) is 0.465. The third-order valence-electron chi connectivity index (χ3n) is 2.72. The van der Waals surface area contributed by atoms with Crippen LogP contribution in [-0.2, 0) is 4.79 Å². The highest BCUT2D eigenvalue weighted by Crippen LogP contribution is 2.27. The fraction of sp³-hybridized carbons (Fsp3) is 0.462. The monoisotopic (exact) mass is 614 g/mol. The largest absolute Gasteiger partial charge is 0.396 e. The number of carbonyl (C=O) groups excluding carboxylic acids is 1. The summed E-state index contributed by atoms with van der Waals surface area (Å²) in [4.78, 5) is 14.1. The minimum absolute atomic E-state index is 0.0122. The number of amides is 1. The Balaban J connectivity index is 2.66. The van der Waals surface area contributed by atoms with Crippen LogP contribution in [-0.4, -0.2) is 42.2 Å². The van der Waals surface area contributed by atoms with Crippen molar-refractivity contribution in [2.24, 2.45) is 0 Å². The predicted octanol–water partition coefficient (Wildman–Crippen LogP) is 3.14. The molecule has 0 saturated carbocycles. The van der Waals surface area contributed by atoms with Crippen molar-refractivity contribution < 1.29 is 9.90 Å². The summed E-state index contributed by atoms with van der Waals surface area (Å²) in [6, 6.07) is 4.09. The van der Waals surface area contributed by atoms with Crippen LogP contribution in [0.15, 0.2) is 12.1 Å². The number of aliphatic hydroxyl groups is 1. The molecule has 1 rings (SSSR count). The molecule has 20 heavy (non-hydrogen) atoms. The smallest absolute Gasteiger partial charge is 0.238 e. The molecule has 0 spiro atoms. The Morgan fingerprint density at radius 1 is 1.30 bits per heavy atom. The number of likely N-dealkylation sites (N-methyl/N-ethyl adjacent to an activating group) is 1. The highest BCUT2D eigenvalue weighted by atomic mass is 127. The number of nitrogens with zero attached hydrogens (tertiary/aromatic N) is 1. The molecular formula is C13H17I3N2O2. The first-order chi connectivity index (χ1) is 9.47. The molecule has 4 nitrogen and oxygen atoms in total. The van der Waals surface area contributed by atoms with Crippen molar-refractivity contribution >= 4 is 79.4 Å². The Kier molecular flexibility index (Phi) is 9.18. The zero-order chi connectivity index (χ0) is 15.1. The first-order valence-corrected chi connectivity index (χ1v) is 9.49. The maximum absolute atomic E-state index is 12.1. The van der Waals surface area contributed by atoms with Gasteiger partial charge in [0.1, 0.15) is 0 Å². The molecule has 0 atom stereocenters. The second-order valence-corrected chi connectivity index (χ2v) is 7.81. The zero-order valence-corrected chi connectivity index (χ0v) is 17.6. The summed E-state index contributed by atoms with van der Waals surface area (Å²) in [5, 5.41) is 11.8. The van der Waals surface area contributed by atoms with E-state index in [4.69, 9.17) is 5.11 Å². The highest BCUT2D eigenvalue weighted by Gasteiger charge is 2.13. The molecule has 0 unspecified atom stereocenters. The molecule has 2 N–H and O–H groups in total. The van der Waals surface area contributed by atoms with Crippen LogP contribution in [0, 0.1) is 10.7 Å². The summed E-state index contributed by atoms with van der Waals surface area (Å²) in [6.07, 6.45) is 0.694. The van der Waals surface area contributed by atoms with E-state index in [2.05, 4.69) is 73.1 Å². The molecule has 0 aromatic heterocycles. The molecule has 7 heteroatoms. The van der Waals surface area contributed by atoms with Crippen LogP contribution in [0.4, 0.5) is 5.69 Å². The Morgan fingerprint density at radius 3 is 2.40 bits per heavy atom. The van der Waals surface area contributed by atoms with E-state index < -0.39 is 0 Å². The number of nitrogens with one attached hydrogen (secondary N) is 1. The van der Waals surface area contributed by atoms with Gasteiger partial charge < -0.3 is 10.4 Å². The summed E-state index contributed by atoms with van der Waals surface area (Å²) < 4.78 is 3.25. The van der Waals surface area contributed by atoms with Gasteiger partial charge in [-0.2, -0.15) is 0 Å². The molecular weight excluding hydrogens is 597 g/mol. The Morgan fingerprint density at radius 2 is 1.90 bits per heavy atom. The summed E-state index contributed by atoms with van der Waals surface area (Å²) in [6.45, 7) is 4.07. The number of carbonyl (C=O) groups is 1. The van der Waals surface area contributed by atoms with Gasteiger partial charge in [0, 0.05) is 23.9 Å². The lowest BCUT2D eigenvalue weighted by Gasteiger charge is -2.19. The topological polar surface area (TPSA) is 52.6 Å². The van der Waals surface area contributed by atoms with Crippen LogP contribution >= 0.6 is 67.8 Å². The highest BCUT2D eigenvalue weighted by molar-refractivity contribution is 14.1. The Bertz CT molecular complexity index is 446. The third kappa shape index (κ3) is 6.28. The van der Waals surface area contributed by atoms with Crippen molar-refractivity contribution in [3.05, 3.63) is 22.8 Å². The molecule has 1 amide bonds. The molecule has 0 aliphatic heterocycles. The molecule has 1 aromatic rings. The molecule has 0 aliphatic rings. The maximum atomic E-state index is 12.1. The number of hydrogen-bond acceptors (Lipinski definition) is 3. The van der Waals surface area contributed by atoms with Gasteiger partial charge in [-0.25, -0.2) is 0 Å². The number of benzene rings is 1. The normalized spacial score (nSPS) is 10.9. The molecule has 0 bridgehead atoms. The van der Waals surface area contributed by atoms with Gasteiger partial charge in [-0.15, -0.1) is 0 Å². The third-order valence-corrected chi connectivity index (χ3v) is 5.04. The van der Waals surface area contributed by atoms with Crippen LogP contribution in [0.3, 0.4) is 0 Å². The molecule has 112 valence electrons. The summed E-state index contributed by atoms with van der Waals surface area (Å²) in [5.41, 5.74) is 0.884. The lowest BCUT2D eigenvalue weighted by Crippen LogP contribution is -2.34. The number of halogens is 3. The molecule has 0 aliphatic carbocycles. The summed E-state index contributed by atoms with van der Waals surface area (Å²) in [7, 11) is 0. The fourth-order valence-corrected chi connectivity index (χ4v) is 5.54. The van der Waals surface area contributed by atoms with Gasteiger partial charge in [-0.05, 0) is 92.9 Å². The second-order valence-electron chi connectivity index (χ2n) is 4.24. The van der Waals surface area contributed by atoms with E-state index in [0.29, 0.717) is 13.0 Å². The van der Waals surface area contributed by atoms with Gasteiger partial charge in [-0.1, -0.05) is 6.92 Å². The van der Waals surface area contributed by atoms with Gasteiger partial charge in [0.2, 0.25) is 5.91 Å².